The van der Waals surface area contributed by atoms with E-state index in [1.807, 2.05) is 48.5 Å². The number of hydrogen-bond acceptors (Lipinski definition) is 4. The van der Waals surface area contributed by atoms with E-state index in [2.05, 4.69) is 10.8 Å². The molecule has 0 radical (unpaired) electrons. The highest BCUT2D eigenvalue weighted by molar-refractivity contribution is 7.89. The summed E-state index contributed by atoms with van der Waals surface area (Å²) in [6, 6.07) is 22.3. The molecule has 158 valence electrons. The van der Waals surface area contributed by atoms with Gasteiger partial charge >= 0.3 is 5.97 Å². The third-order valence-corrected chi connectivity index (χ3v) is 6.61. The molecule has 2 N–H and O–H groups in total. The third-order valence-electron chi connectivity index (χ3n) is 5.15. The average molecular weight is 436 g/mol. The van der Waals surface area contributed by atoms with Crippen LogP contribution in [-0.2, 0) is 16.4 Å². The van der Waals surface area contributed by atoms with Gasteiger partial charge in [-0.1, -0.05) is 54.6 Å². The minimum Gasteiger partial charge on any atom is -0.475 e. The zero-order chi connectivity index (χ0) is 22.0. The summed E-state index contributed by atoms with van der Waals surface area (Å²) in [4.78, 5) is 11.3. The summed E-state index contributed by atoms with van der Waals surface area (Å²) in [6.45, 7) is 1.84. The normalized spacial score (nSPS) is 11.6. The molecule has 1 aromatic heterocycles. The topological polar surface area (TPSA) is 96.6 Å². The first-order valence-electron chi connectivity index (χ1n) is 9.75. The molecule has 31 heavy (non-hydrogen) atoms. The van der Waals surface area contributed by atoms with Crippen LogP contribution in [0, 0.1) is 6.92 Å². The highest BCUT2D eigenvalue weighted by Crippen LogP contribution is 2.28. The smallest absolute Gasteiger partial charge is 0.372 e. The highest BCUT2D eigenvalue weighted by atomic mass is 32.2. The van der Waals surface area contributed by atoms with Crippen molar-refractivity contribution in [3.8, 4) is 11.1 Å². The molecule has 0 unspecified atom stereocenters. The molecule has 0 fully saturated rings. The van der Waals surface area contributed by atoms with Gasteiger partial charge in [-0.2, -0.15) is 0 Å². The van der Waals surface area contributed by atoms with E-state index in [0.29, 0.717) is 23.0 Å². The molecule has 7 heteroatoms. The van der Waals surface area contributed by atoms with Crippen LogP contribution in [0.1, 0.15) is 21.7 Å². The van der Waals surface area contributed by atoms with Gasteiger partial charge in [0, 0.05) is 17.5 Å². The number of carbonyl (C=O) groups is 1. The van der Waals surface area contributed by atoms with E-state index in [4.69, 9.17) is 4.42 Å². The average Bonchev–Trinajstić information content (AvgIpc) is 3.11. The molecule has 3 aromatic carbocycles. The Bertz CT molecular complexity index is 1360. The minimum atomic E-state index is -3.75. The van der Waals surface area contributed by atoms with Crippen LogP contribution in [0.4, 0.5) is 0 Å². The molecule has 0 atom stereocenters. The van der Waals surface area contributed by atoms with Crippen LogP contribution in [0.2, 0.25) is 0 Å². The lowest BCUT2D eigenvalue weighted by Crippen LogP contribution is -2.26. The summed E-state index contributed by atoms with van der Waals surface area (Å²) in [5.74, 6) is -1.37. The predicted molar refractivity (Wildman–Crippen MR) is 119 cm³/mol. The molecular formula is C24H21NO5S. The zero-order valence-corrected chi connectivity index (χ0v) is 17.6. The van der Waals surface area contributed by atoms with Crippen molar-refractivity contribution < 1.29 is 22.7 Å². The van der Waals surface area contributed by atoms with Crippen molar-refractivity contribution in [1.82, 2.24) is 4.72 Å². The molecule has 0 spiro atoms. The number of aryl methyl sites for hydroxylation is 1. The molecular weight excluding hydrogens is 414 g/mol. The molecule has 0 aliphatic carbocycles. The maximum Gasteiger partial charge on any atom is 0.372 e. The van der Waals surface area contributed by atoms with Crippen molar-refractivity contribution in [2.24, 2.45) is 0 Å². The SMILES string of the molecule is Cc1c(C(=O)O)oc2ccc(S(=O)(=O)NCCc3cccc(-c4ccccc4)c3)cc12. The molecule has 0 saturated heterocycles. The van der Waals surface area contributed by atoms with Crippen molar-refractivity contribution >= 4 is 27.0 Å². The number of aromatic carboxylic acids is 1. The van der Waals surface area contributed by atoms with E-state index in [0.717, 1.165) is 16.7 Å². The summed E-state index contributed by atoms with van der Waals surface area (Å²) in [7, 11) is -3.75. The molecule has 6 nitrogen and oxygen atoms in total. The van der Waals surface area contributed by atoms with Crippen molar-refractivity contribution in [1.29, 1.82) is 0 Å². The Morgan fingerprint density at radius 3 is 2.45 bits per heavy atom. The van der Waals surface area contributed by atoms with Gasteiger partial charge < -0.3 is 9.52 Å². The summed E-state index contributed by atoms with van der Waals surface area (Å²) < 4.78 is 33.4. The maximum atomic E-state index is 12.7. The standard InChI is InChI=1S/C24H21NO5S/c1-16-21-15-20(10-11-22(21)30-23(16)24(26)27)31(28,29)25-13-12-17-6-5-9-19(14-17)18-7-3-2-4-8-18/h2-11,14-15,25H,12-13H2,1H3,(H,26,27). The number of hydrogen-bond donors (Lipinski definition) is 2. The minimum absolute atomic E-state index is 0.0684. The van der Waals surface area contributed by atoms with Crippen LogP contribution in [0.5, 0.6) is 0 Å². The Morgan fingerprint density at radius 2 is 1.71 bits per heavy atom. The van der Waals surface area contributed by atoms with Crippen molar-refractivity contribution in [2.45, 2.75) is 18.2 Å². The van der Waals surface area contributed by atoms with Crippen LogP contribution < -0.4 is 4.72 Å². The van der Waals surface area contributed by atoms with E-state index in [1.165, 1.54) is 18.2 Å². The first-order chi connectivity index (χ1) is 14.8. The number of benzene rings is 3. The van der Waals surface area contributed by atoms with Crippen LogP contribution >= 0.6 is 0 Å². The van der Waals surface area contributed by atoms with Gasteiger partial charge in [-0.15, -0.1) is 0 Å². The van der Waals surface area contributed by atoms with E-state index >= 15 is 0 Å². The maximum absolute atomic E-state index is 12.7. The molecule has 1 heterocycles. The molecule has 0 bridgehead atoms. The highest BCUT2D eigenvalue weighted by Gasteiger charge is 2.20. The molecule has 0 amide bonds. The van der Waals surface area contributed by atoms with Gasteiger partial charge in [0.15, 0.2) is 0 Å². The second kappa shape index (κ2) is 8.37. The lowest BCUT2D eigenvalue weighted by molar-refractivity contribution is 0.0664. The number of nitrogens with one attached hydrogen (secondary N) is 1. The number of furan rings is 1. The van der Waals surface area contributed by atoms with Crippen molar-refractivity contribution in [3.05, 3.63) is 89.7 Å². The second-order valence-electron chi connectivity index (χ2n) is 7.23. The lowest BCUT2D eigenvalue weighted by Gasteiger charge is -2.08. The van der Waals surface area contributed by atoms with Crippen molar-refractivity contribution in [3.63, 3.8) is 0 Å². The Kier molecular flexibility index (Phi) is 5.63. The Balaban J connectivity index is 1.49. The van der Waals surface area contributed by atoms with Gasteiger partial charge in [0.05, 0.1) is 4.90 Å². The monoisotopic (exact) mass is 435 g/mol. The van der Waals surface area contributed by atoms with Crippen LogP contribution in [0.15, 0.2) is 82.1 Å². The van der Waals surface area contributed by atoms with Gasteiger partial charge in [-0.25, -0.2) is 17.9 Å². The number of sulfonamides is 1. The van der Waals surface area contributed by atoms with E-state index in [9.17, 15) is 18.3 Å². The van der Waals surface area contributed by atoms with E-state index in [1.54, 1.807) is 6.92 Å². The third kappa shape index (κ3) is 4.38. The van der Waals surface area contributed by atoms with Gasteiger partial charge in [-0.05, 0) is 48.2 Å². The van der Waals surface area contributed by atoms with Crippen LogP contribution in [0.25, 0.3) is 22.1 Å². The van der Waals surface area contributed by atoms with E-state index < -0.39 is 16.0 Å². The number of rotatable bonds is 7. The molecule has 4 aromatic rings. The number of carboxylic acids is 1. The van der Waals surface area contributed by atoms with Crippen LogP contribution in [0.3, 0.4) is 0 Å². The summed E-state index contributed by atoms with van der Waals surface area (Å²) in [5.41, 5.74) is 3.95. The Hall–Kier alpha value is -3.42. The molecule has 4 rings (SSSR count). The summed E-state index contributed by atoms with van der Waals surface area (Å²) in [6.07, 6.45) is 0.538. The first kappa shape index (κ1) is 20.8. The van der Waals surface area contributed by atoms with Crippen molar-refractivity contribution in [2.75, 3.05) is 6.54 Å². The predicted octanol–water partition coefficient (Wildman–Crippen LogP) is 4.63. The second-order valence-corrected chi connectivity index (χ2v) is 9.00. The summed E-state index contributed by atoms with van der Waals surface area (Å²) >= 11 is 0. The molecule has 0 aliphatic rings. The molecule has 0 saturated carbocycles. The van der Waals surface area contributed by atoms with Gasteiger partial charge in [0.2, 0.25) is 15.8 Å². The zero-order valence-electron chi connectivity index (χ0n) is 16.8. The Labute approximate surface area is 180 Å². The Morgan fingerprint density at radius 1 is 0.968 bits per heavy atom. The fourth-order valence-corrected chi connectivity index (χ4v) is 4.58. The molecule has 0 aliphatic heterocycles. The first-order valence-corrected chi connectivity index (χ1v) is 11.2. The number of fused-ring (bicyclic) bond motifs is 1. The van der Waals surface area contributed by atoms with Gasteiger partial charge in [0.25, 0.3) is 0 Å². The number of carboxylic acid groups (broad SMARTS) is 1. The van der Waals surface area contributed by atoms with Crippen LogP contribution in [-0.4, -0.2) is 26.0 Å². The quantitative estimate of drug-likeness (QED) is 0.441. The van der Waals surface area contributed by atoms with E-state index in [-0.39, 0.29) is 17.2 Å². The fourth-order valence-electron chi connectivity index (χ4n) is 3.52. The lowest BCUT2D eigenvalue weighted by atomic mass is 10.0. The fraction of sp³-hybridized carbons (Fsp3) is 0.125. The summed E-state index contributed by atoms with van der Waals surface area (Å²) in [5, 5.41) is 9.66. The van der Waals surface area contributed by atoms with Gasteiger partial charge in [-0.3, -0.25) is 0 Å². The van der Waals surface area contributed by atoms with Gasteiger partial charge in [0.1, 0.15) is 5.58 Å². The largest absolute Gasteiger partial charge is 0.475 e.